The maximum atomic E-state index is 12.4. The summed E-state index contributed by atoms with van der Waals surface area (Å²) in [6.45, 7) is 0. The molecule has 0 saturated carbocycles. The van der Waals surface area contributed by atoms with Crippen LogP contribution in [0.5, 0.6) is 5.75 Å². The number of carbonyl (C=O) groups excluding carboxylic acids is 1. The molecule has 1 aliphatic carbocycles. The summed E-state index contributed by atoms with van der Waals surface area (Å²) in [7, 11) is 1.64. The number of methoxy groups -OCH3 is 1. The van der Waals surface area contributed by atoms with Gasteiger partial charge in [0, 0.05) is 12.0 Å². The van der Waals surface area contributed by atoms with Gasteiger partial charge in [-0.25, -0.2) is 0 Å². The Kier molecular flexibility index (Phi) is 3.55. The zero-order chi connectivity index (χ0) is 13.9. The third-order valence-corrected chi connectivity index (χ3v) is 3.92. The summed E-state index contributed by atoms with van der Waals surface area (Å²) in [5.74, 6) is 0.970. The minimum absolute atomic E-state index is 0.174. The second-order valence-corrected chi connectivity index (χ2v) is 5.29. The average molecular weight is 266 g/mol. The molecule has 20 heavy (non-hydrogen) atoms. The van der Waals surface area contributed by atoms with Crippen LogP contribution < -0.4 is 4.74 Å². The lowest BCUT2D eigenvalue weighted by molar-refractivity contribution is 0.0993. The maximum Gasteiger partial charge on any atom is 0.167 e. The number of aryl methyl sites for hydroxylation is 2. The topological polar surface area (TPSA) is 26.3 Å². The summed E-state index contributed by atoms with van der Waals surface area (Å²) < 4.78 is 5.19. The Bertz CT molecular complexity index is 644. The zero-order valence-electron chi connectivity index (χ0n) is 11.7. The van der Waals surface area contributed by atoms with Crippen LogP contribution in [-0.2, 0) is 19.3 Å². The molecule has 3 rings (SSSR count). The molecule has 0 saturated heterocycles. The van der Waals surface area contributed by atoms with Gasteiger partial charge >= 0.3 is 0 Å². The van der Waals surface area contributed by atoms with Gasteiger partial charge in [-0.05, 0) is 54.2 Å². The molecule has 2 nitrogen and oxygen atoms in total. The Morgan fingerprint density at radius 1 is 1.10 bits per heavy atom. The number of rotatable bonds is 4. The summed E-state index contributed by atoms with van der Waals surface area (Å²) in [4.78, 5) is 12.4. The first-order valence-electron chi connectivity index (χ1n) is 7.04. The normalized spacial score (nSPS) is 13.1. The smallest absolute Gasteiger partial charge is 0.167 e. The first-order valence-corrected chi connectivity index (χ1v) is 7.04. The summed E-state index contributed by atoms with van der Waals surface area (Å²) in [6, 6.07) is 13.9. The van der Waals surface area contributed by atoms with E-state index in [2.05, 4.69) is 12.1 Å². The fourth-order valence-electron chi connectivity index (χ4n) is 2.82. The van der Waals surface area contributed by atoms with Crippen LogP contribution in [0, 0.1) is 0 Å². The Labute approximate surface area is 119 Å². The van der Waals surface area contributed by atoms with E-state index in [0.29, 0.717) is 6.42 Å². The van der Waals surface area contributed by atoms with Crippen LogP contribution in [0.1, 0.15) is 33.5 Å². The first-order chi connectivity index (χ1) is 9.76. The Hall–Kier alpha value is -2.09. The van der Waals surface area contributed by atoms with Crippen LogP contribution in [0.15, 0.2) is 42.5 Å². The third kappa shape index (κ3) is 2.60. The molecule has 0 unspecified atom stereocenters. The van der Waals surface area contributed by atoms with E-state index in [-0.39, 0.29) is 5.78 Å². The lowest BCUT2D eigenvalue weighted by Gasteiger charge is -2.06. The predicted molar refractivity (Wildman–Crippen MR) is 79.5 cm³/mol. The summed E-state index contributed by atoms with van der Waals surface area (Å²) in [5.41, 5.74) is 4.58. The van der Waals surface area contributed by atoms with Crippen LogP contribution >= 0.6 is 0 Å². The summed E-state index contributed by atoms with van der Waals surface area (Å²) in [5, 5.41) is 0. The second kappa shape index (κ2) is 5.49. The minimum atomic E-state index is 0.174. The van der Waals surface area contributed by atoms with Crippen molar-refractivity contribution < 1.29 is 9.53 Å². The molecule has 102 valence electrons. The molecule has 0 heterocycles. The fourth-order valence-corrected chi connectivity index (χ4v) is 2.82. The van der Waals surface area contributed by atoms with Gasteiger partial charge in [0.15, 0.2) is 5.78 Å². The number of carbonyl (C=O) groups is 1. The molecular formula is C18H18O2. The lowest BCUT2D eigenvalue weighted by Crippen LogP contribution is -2.04. The molecule has 0 amide bonds. The van der Waals surface area contributed by atoms with E-state index in [9.17, 15) is 4.79 Å². The van der Waals surface area contributed by atoms with Gasteiger partial charge in [0.25, 0.3) is 0 Å². The van der Waals surface area contributed by atoms with Crippen molar-refractivity contribution in [3.05, 3.63) is 64.7 Å². The number of benzene rings is 2. The molecule has 0 aliphatic heterocycles. The van der Waals surface area contributed by atoms with Crippen molar-refractivity contribution in [3.63, 3.8) is 0 Å². The number of ketones is 1. The van der Waals surface area contributed by atoms with Gasteiger partial charge in [-0.15, -0.1) is 0 Å². The van der Waals surface area contributed by atoms with E-state index in [4.69, 9.17) is 4.74 Å². The van der Waals surface area contributed by atoms with E-state index in [0.717, 1.165) is 29.7 Å². The van der Waals surface area contributed by atoms with Crippen molar-refractivity contribution in [1.29, 1.82) is 0 Å². The molecule has 0 atom stereocenters. The van der Waals surface area contributed by atoms with E-state index in [1.54, 1.807) is 7.11 Å². The van der Waals surface area contributed by atoms with Crippen molar-refractivity contribution in [2.45, 2.75) is 25.7 Å². The molecule has 0 radical (unpaired) electrons. The number of hydrogen-bond donors (Lipinski definition) is 0. The minimum Gasteiger partial charge on any atom is -0.497 e. The van der Waals surface area contributed by atoms with Gasteiger partial charge in [-0.1, -0.05) is 24.3 Å². The SMILES string of the molecule is COc1cccc(CC(=O)c2ccc3c(c2)CCC3)c1. The lowest BCUT2D eigenvalue weighted by atomic mass is 9.99. The van der Waals surface area contributed by atoms with Crippen LogP contribution in [0.25, 0.3) is 0 Å². The van der Waals surface area contributed by atoms with Gasteiger partial charge in [0.2, 0.25) is 0 Å². The molecule has 0 N–H and O–H groups in total. The van der Waals surface area contributed by atoms with Crippen molar-refractivity contribution in [1.82, 2.24) is 0 Å². The molecule has 2 aromatic rings. The quantitative estimate of drug-likeness (QED) is 0.790. The number of Topliss-reactive ketones (excluding diaryl/α,β-unsaturated/α-hetero) is 1. The molecule has 0 spiro atoms. The molecule has 0 aromatic heterocycles. The van der Waals surface area contributed by atoms with Crippen molar-refractivity contribution in [3.8, 4) is 5.75 Å². The number of ether oxygens (including phenoxy) is 1. The van der Waals surface area contributed by atoms with E-state index in [1.807, 2.05) is 30.3 Å². The summed E-state index contributed by atoms with van der Waals surface area (Å²) >= 11 is 0. The van der Waals surface area contributed by atoms with Crippen LogP contribution in [0.2, 0.25) is 0 Å². The van der Waals surface area contributed by atoms with Crippen molar-refractivity contribution in [2.24, 2.45) is 0 Å². The van der Waals surface area contributed by atoms with Crippen LogP contribution in [0.4, 0.5) is 0 Å². The monoisotopic (exact) mass is 266 g/mol. The highest BCUT2D eigenvalue weighted by atomic mass is 16.5. The zero-order valence-corrected chi connectivity index (χ0v) is 11.7. The van der Waals surface area contributed by atoms with Crippen molar-refractivity contribution in [2.75, 3.05) is 7.11 Å². The van der Waals surface area contributed by atoms with Crippen LogP contribution in [0.3, 0.4) is 0 Å². The first kappa shape index (κ1) is 12.9. The third-order valence-electron chi connectivity index (χ3n) is 3.92. The fraction of sp³-hybridized carbons (Fsp3) is 0.278. The summed E-state index contributed by atoms with van der Waals surface area (Å²) in [6.07, 6.45) is 3.90. The molecule has 2 aromatic carbocycles. The van der Waals surface area contributed by atoms with E-state index >= 15 is 0 Å². The number of fused-ring (bicyclic) bond motifs is 1. The Morgan fingerprint density at radius 2 is 1.95 bits per heavy atom. The molecular weight excluding hydrogens is 248 g/mol. The highest BCUT2D eigenvalue weighted by Gasteiger charge is 2.14. The Morgan fingerprint density at radius 3 is 2.80 bits per heavy atom. The van der Waals surface area contributed by atoms with E-state index in [1.165, 1.54) is 17.5 Å². The predicted octanol–water partition coefficient (Wildman–Crippen LogP) is 3.61. The molecule has 1 aliphatic rings. The van der Waals surface area contributed by atoms with Gasteiger partial charge in [0.1, 0.15) is 5.75 Å². The molecule has 0 bridgehead atoms. The molecule has 0 fully saturated rings. The largest absolute Gasteiger partial charge is 0.497 e. The standard InChI is InChI=1S/C18H18O2/c1-20-17-7-2-4-13(10-17)11-18(19)16-9-8-14-5-3-6-15(14)12-16/h2,4,7-10,12H,3,5-6,11H2,1H3. The van der Waals surface area contributed by atoms with Crippen molar-refractivity contribution >= 4 is 5.78 Å². The Balaban J connectivity index is 1.79. The van der Waals surface area contributed by atoms with Gasteiger partial charge in [0.05, 0.1) is 7.11 Å². The van der Waals surface area contributed by atoms with E-state index < -0.39 is 0 Å². The van der Waals surface area contributed by atoms with Crippen LogP contribution in [-0.4, -0.2) is 12.9 Å². The number of hydrogen-bond acceptors (Lipinski definition) is 2. The molecule has 2 heteroatoms. The highest BCUT2D eigenvalue weighted by Crippen LogP contribution is 2.23. The van der Waals surface area contributed by atoms with Gasteiger partial charge in [-0.3, -0.25) is 4.79 Å². The van der Waals surface area contributed by atoms with Gasteiger partial charge in [-0.2, -0.15) is 0 Å². The second-order valence-electron chi connectivity index (χ2n) is 5.29. The highest BCUT2D eigenvalue weighted by molar-refractivity contribution is 5.97. The van der Waals surface area contributed by atoms with Gasteiger partial charge < -0.3 is 4.74 Å². The average Bonchev–Trinajstić information content (AvgIpc) is 2.94. The maximum absolute atomic E-state index is 12.4.